The summed E-state index contributed by atoms with van der Waals surface area (Å²) >= 11 is 0. The Hall–Kier alpha value is -2.50. The van der Waals surface area contributed by atoms with E-state index in [9.17, 15) is 0 Å². The molecule has 0 amide bonds. The minimum Gasteiger partial charge on any atom is -0.383 e. The molecule has 6 nitrogen and oxygen atoms in total. The number of pyridine rings is 1. The molecular formula is C14H18N6. The van der Waals surface area contributed by atoms with Crippen molar-refractivity contribution >= 4 is 17.2 Å². The zero-order valence-corrected chi connectivity index (χ0v) is 11.9. The van der Waals surface area contributed by atoms with E-state index in [0.717, 1.165) is 29.3 Å². The number of imidazole rings is 1. The Kier molecular flexibility index (Phi) is 2.85. The van der Waals surface area contributed by atoms with Gasteiger partial charge in [-0.05, 0) is 25.1 Å². The van der Waals surface area contributed by atoms with Gasteiger partial charge in [-0.25, -0.2) is 4.98 Å². The third-order valence-corrected chi connectivity index (χ3v) is 3.41. The molecule has 0 spiro atoms. The zero-order valence-electron chi connectivity index (χ0n) is 11.9. The number of hydrogen-bond acceptors (Lipinski definition) is 4. The van der Waals surface area contributed by atoms with Crippen molar-refractivity contribution in [1.82, 2.24) is 19.2 Å². The molecule has 2 N–H and O–H groups in total. The van der Waals surface area contributed by atoms with Crippen molar-refractivity contribution in [3.63, 3.8) is 0 Å². The fourth-order valence-corrected chi connectivity index (χ4v) is 2.29. The molecule has 0 aromatic carbocycles. The molecule has 0 fully saturated rings. The van der Waals surface area contributed by atoms with Crippen molar-refractivity contribution in [2.45, 2.75) is 13.5 Å². The molecule has 0 bridgehead atoms. The molecule has 0 unspecified atom stereocenters. The first-order valence-corrected chi connectivity index (χ1v) is 6.59. The summed E-state index contributed by atoms with van der Waals surface area (Å²) in [7, 11) is 4.00. The predicted molar refractivity (Wildman–Crippen MR) is 80.8 cm³/mol. The highest BCUT2D eigenvalue weighted by molar-refractivity contribution is 5.73. The van der Waals surface area contributed by atoms with Crippen LogP contribution in [0, 0.1) is 0 Å². The van der Waals surface area contributed by atoms with Crippen LogP contribution in [0.4, 0.5) is 11.5 Å². The molecule has 0 saturated heterocycles. The Labute approximate surface area is 117 Å². The Morgan fingerprint density at radius 2 is 2.05 bits per heavy atom. The maximum atomic E-state index is 6.26. The molecule has 20 heavy (non-hydrogen) atoms. The molecule has 6 heteroatoms. The monoisotopic (exact) mass is 270 g/mol. The summed E-state index contributed by atoms with van der Waals surface area (Å²) in [6.45, 7) is 2.84. The van der Waals surface area contributed by atoms with Crippen molar-refractivity contribution < 1.29 is 0 Å². The topological polar surface area (TPSA) is 64.4 Å². The van der Waals surface area contributed by atoms with E-state index in [1.165, 1.54) is 0 Å². The molecule has 0 aliphatic rings. The first-order valence-electron chi connectivity index (χ1n) is 6.59. The van der Waals surface area contributed by atoms with Gasteiger partial charge in [0.05, 0.1) is 11.4 Å². The number of nitrogens with two attached hydrogens (primary N) is 1. The molecule has 0 atom stereocenters. The molecule has 0 saturated carbocycles. The second kappa shape index (κ2) is 4.56. The van der Waals surface area contributed by atoms with Gasteiger partial charge in [0.25, 0.3) is 0 Å². The van der Waals surface area contributed by atoms with Gasteiger partial charge in [0, 0.05) is 33.0 Å². The molecule has 3 heterocycles. The predicted octanol–water partition coefficient (Wildman–Crippen LogP) is 1.87. The van der Waals surface area contributed by atoms with Crippen LogP contribution in [0.5, 0.6) is 0 Å². The van der Waals surface area contributed by atoms with E-state index in [0.29, 0.717) is 5.82 Å². The van der Waals surface area contributed by atoms with Crippen LogP contribution in [0.2, 0.25) is 0 Å². The standard InChI is InChI=1S/C14H18N6/c1-4-20-11(7-8-16-20)13-14(15)19-9-10(18(2)3)5-6-12(19)17-13/h5-9H,4,15H2,1-3H3. The van der Waals surface area contributed by atoms with Gasteiger partial charge in [0.15, 0.2) is 0 Å². The zero-order chi connectivity index (χ0) is 14.3. The minimum atomic E-state index is 0.638. The summed E-state index contributed by atoms with van der Waals surface area (Å²) in [5.41, 5.74) is 9.91. The number of nitrogen functional groups attached to an aromatic ring is 1. The van der Waals surface area contributed by atoms with Gasteiger partial charge in [-0.1, -0.05) is 0 Å². The molecule has 3 aromatic heterocycles. The average molecular weight is 270 g/mol. The summed E-state index contributed by atoms with van der Waals surface area (Å²) in [5.74, 6) is 0.638. The van der Waals surface area contributed by atoms with Gasteiger partial charge >= 0.3 is 0 Å². The fourth-order valence-electron chi connectivity index (χ4n) is 2.29. The largest absolute Gasteiger partial charge is 0.383 e. The third-order valence-electron chi connectivity index (χ3n) is 3.41. The number of aryl methyl sites for hydroxylation is 1. The maximum absolute atomic E-state index is 6.26. The Bertz CT molecular complexity index is 752. The van der Waals surface area contributed by atoms with Gasteiger partial charge < -0.3 is 10.6 Å². The Morgan fingerprint density at radius 1 is 1.25 bits per heavy atom. The number of rotatable bonds is 3. The number of anilines is 2. The first kappa shape index (κ1) is 12.5. The van der Waals surface area contributed by atoms with Crippen molar-refractivity contribution in [3.05, 3.63) is 30.6 Å². The summed E-state index contributed by atoms with van der Waals surface area (Å²) in [6.07, 6.45) is 3.77. The fraction of sp³-hybridized carbons (Fsp3) is 0.286. The maximum Gasteiger partial charge on any atom is 0.139 e. The van der Waals surface area contributed by atoms with E-state index in [-0.39, 0.29) is 0 Å². The van der Waals surface area contributed by atoms with Crippen LogP contribution in [0.1, 0.15) is 6.92 Å². The summed E-state index contributed by atoms with van der Waals surface area (Å²) in [6, 6.07) is 5.94. The summed E-state index contributed by atoms with van der Waals surface area (Å²) in [5, 5.41) is 4.27. The van der Waals surface area contributed by atoms with Gasteiger partial charge in [0.1, 0.15) is 17.2 Å². The summed E-state index contributed by atoms with van der Waals surface area (Å²) in [4.78, 5) is 6.66. The lowest BCUT2D eigenvalue weighted by atomic mass is 10.3. The van der Waals surface area contributed by atoms with Crippen LogP contribution in [-0.2, 0) is 6.54 Å². The van der Waals surface area contributed by atoms with Gasteiger partial charge in [0.2, 0.25) is 0 Å². The van der Waals surface area contributed by atoms with Crippen molar-refractivity contribution in [3.8, 4) is 11.4 Å². The second-order valence-electron chi connectivity index (χ2n) is 4.89. The number of nitrogens with zero attached hydrogens (tertiary/aromatic N) is 5. The molecule has 0 aliphatic heterocycles. The molecule has 104 valence electrons. The minimum absolute atomic E-state index is 0.638. The molecular weight excluding hydrogens is 252 g/mol. The Balaban J connectivity index is 2.21. The molecule has 3 aromatic rings. The van der Waals surface area contributed by atoms with Crippen molar-refractivity contribution in [2.24, 2.45) is 0 Å². The highest BCUT2D eigenvalue weighted by Gasteiger charge is 2.15. The smallest absolute Gasteiger partial charge is 0.139 e. The van der Waals surface area contributed by atoms with E-state index < -0.39 is 0 Å². The molecule has 0 radical (unpaired) electrons. The lowest BCUT2D eigenvalue weighted by Crippen LogP contribution is -2.09. The van der Waals surface area contributed by atoms with Crippen molar-refractivity contribution in [1.29, 1.82) is 0 Å². The normalized spacial score (nSPS) is 11.2. The molecule has 3 rings (SSSR count). The lowest BCUT2D eigenvalue weighted by Gasteiger charge is -2.12. The second-order valence-corrected chi connectivity index (χ2v) is 4.89. The van der Waals surface area contributed by atoms with Gasteiger partial charge in [-0.2, -0.15) is 5.10 Å². The number of hydrogen-bond donors (Lipinski definition) is 1. The van der Waals surface area contributed by atoms with Gasteiger partial charge in [-0.15, -0.1) is 0 Å². The first-order chi connectivity index (χ1) is 9.61. The number of fused-ring (bicyclic) bond motifs is 1. The van der Waals surface area contributed by atoms with Crippen LogP contribution in [-0.4, -0.2) is 33.3 Å². The van der Waals surface area contributed by atoms with Crippen LogP contribution in [0.15, 0.2) is 30.6 Å². The van der Waals surface area contributed by atoms with E-state index in [2.05, 4.69) is 10.1 Å². The quantitative estimate of drug-likeness (QED) is 0.789. The highest BCUT2D eigenvalue weighted by atomic mass is 15.3. The Morgan fingerprint density at radius 3 is 2.75 bits per heavy atom. The SMILES string of the molecule is CCn1nccc1-c1nc2ccc(N(C)C)cn2c1N. The van der Waals surface area contributed by atoms with E-state index >= 15 is 0 Å². The van der Waals surface area contributed by atoms with Crippen LogP contribution in [0.3, 0.4) is 0 Å². The van der Waals surface area contributed by atoms with Crippen LogP contribution >= 0.6 is 0 Å². The lowest BCUT2D eigenvalue weighted by molar-refractivity contribution is 0.666. The highest BCUT2D eigenvalue weighted by Crippen LogP contribution is 2.27. The van der Waals surface area contributed by atoms with E-state index in [1.54, 1.807) is 6.20 Å². The number of aromatic nitrogens is 4. The molecule has 0 aliphatic carbocycles. The van der Waals surface area contributed by atoms with E-state index in [4.69, 9.17) is 5.73 Å². The van der Waals surface area contributed by atoms with Crippen LogP contribution < -0.4 is 10.6 Å². The third kappa shape index (κ3) is 1.80. The average Bonchev–Trinajstić information content (AvgIpc) is 3.02. The van der Waals surface area contributed by atoms with Crippen LogP contribution in [0.25, 0.3) is 17.0 Å². The summed E-state index contributed by atoms with van der Waals surface area (Å²) < 4.78 is 3.81. The van der Waals surface area contributed by atoms with E-state index in [1.807, 2.05) is 59.4 Å². The van der Waals surface area contributed by atoms with Crippen molar-refractivity contribution in [2.75, 3.05) is 24.7 Å². The van der Waals surface area contributed by atoms with Gasteiger partial charge in [-0.3, -0.25) is 9.08 Å².